The Kier molecular flexibility index (Phi) is 3.55. The first kappa shape index (κ1) is 12.9. The van der Waals surface area contributed by atoms with Crippen LogP contribution in [0.2, 0.25) is 0 Å². The van der Waals surface area contributed by atoms with E-state index < -0.39 is 6.10 Å². The molecule has 1 aromatic rings. The molecule has 0 aliphatic rings. The third kappa shape index (κ3) is 2.33. The number of aryl methyl sites for hydroxylation is 1. The number of nitrogens with zero attached hydrogens (tertiary/aromatic N) is 2. The monoisotopic (exact) mass is 223 g/mol. The first-order valence-corrected chi connectivity index (χ1v) is 5.34. The number of anilines is 1. The normalized spacial score (nSPS) is 14.2. The van der Waals surface area contributed by atoms with Gasteiger partial charge in [0.25, 0.3) is 0 Å². The molecule has 0 radical (unpaired) electrons. The highest BCUT2D eigenvalue weighted by Gasteiger charge is 2.32. The summed E-state index contributed by atoms with van der Waals surface area (Å²) in [6.45, 7) is 5.88. The summed E-state index contributed by atoms with van der Waals surface area (Å²) in [5.41, 5.74) is 7.10. The smallest absolute Gasteiger partial charge is 0.129 e. The van der Waals surface area contributed by atoms with E-state index in [0.717, 1.165) is 5.56 Å². The number of likely N-dealkylation sites (N-methyl/N-ethyl adjacent to an activating group) is 1. The van der Waals surface area contributed by atoms with Crippen molar-refractivity contribution >= 4 is 5.82 Å². The second-order valence-corrected chi connectivity index (χ2v) is 4.94. The van der Waals surface area contributed by atoms with E-state index in [1.54, 1.807) is 6.20 Å². The highest BCUT2D eigenvalue weighted by atomic mass is 16.3. The van der Waals surface area contributed by atoms with Gasteiger partial charge in [0.05, 0.1) is 0 Å². The van der Waals surface area contributed by atoms with Crippen LogP contribution in [0.3, 0.4) is 0 Å². The van der Waals surface area contributed by atoms with Crippen molar-refractivity contribution in [1.29, 1.82) is 0 Å². The fourth-order valence-electron chi connectivity index (χ4n) is 1.45. The second kappa shape index (κ2) is 4.39. The molecule has 0 saturated heterocycles. The molecule has 4 heteroatoms. The predicted octanol–water partition coefficient (Wildman–Crippen LogP) is 1.35. The maximum atomic E-state index is 10.4. The summed E-state index contributed by atoms with van der Waals surface area (Å²) < 4.78 is 0. The third-order valence-electron chi connectivity index (χ3n) is 3.20. The number of aliphatic hydroxyl groups excluding tert-OH is 1. The summed E-state index contributed by atoms with van der Waals surface area (Å²) in [5, 5.41) is 10.4. The number of aromatic nitrogens is 1. The Morgan fingerprint density at radius 3 is 2.50 bits per heavy atom. The zero-order chi connectivity index (χ0) is 12.5. The number of rotatable bonds is 3. The molecule has 1 unspecified atom stereocenters. The second-order valence-electron chi connectivity index (χ2n) is 4.94. The average Bonchev–Trinajstić information content (AvgIpc) is 2.20. The molecule has 0 saturated carbocycles. The Morgan fingerprint density at radius 2 is 2.00 bits per heavy atom. The van der Waals surface area contributed by atoms with Gasteiger partial charge in [0.2, 0.25) is 0 Å². The lowest BCUT2D eigenvalue weighted by molar-refractivity contribution is 0.0167. The number of pyridine rings is 1. The van der Waals surface area contributed by atoms with E-state index in [2.05, 4.69) is 4.98 Å². The van der Waals surface area contributed by atoms with Gasteiger partial charge in [-0.2, -0.15) is 0 Å². The molecule has 1 atom stereocenters. The van der Waals surface area contributed by atoms with Gasteiger partial charge in [0.15, 0.2) is 0 Å². The molecule has 0 bridgehead atoms. The van der Waals surface area contributed by atoms with Gasteiger partial charge in [-0.05, 0) is 46.5 Å². The largest absolute Gasteiger partial charge is 0.386 e. The summed E-state index contributed by atoms with van der Waals surface area (Å²) in [4.78, 5) is 6.04. The van der Waals surface area contributed by atoms with Crippen molar-refractivity contribution in [1.82, 2.24) is 9.88 Å². The molecule has 0 aliphatic heterocycles. The fourth-order valence-corrected chi connectivity index (χ4v) is 1.45. The molecular formula is C12H21N3O. The van der Waals surface area contributed by atoms with E-state index in [1.165, 1.54) is 0 Å². The van der Waals surface area contributed by atoms with E-state index >= 15 is 0 Å². The van der Waals surface area contributed by atoms with Crippen LogP contribution in [-0.4, -0.2) is 34.6 Å². The Balaban J connectivity index is 3.14. The number of nitrogen functional groups attached to an aromatic ring is 1. The molecule has 0 amide bonds. The van der Waals surface area contributed by atoms with Gasteiger partial charge in [-0.25, -0.2) is 4.98 Å². The van der Waals surface area contributed by atoms with Crippen LogP contribution in [0.25, 0.3) is 0 Å². The van der Waals surface area contributed by atoms with Crippen LogP contribution < -0.4 is 5.73 Å². The van der Waals surface area contributed by atoms with Gasteiger partial charge in [0, 0.05) is 17.3 Å². The average molecular weight is 223 g/mol. The number of nitrogens with two attached hydrogens (primary N) is 1. The van der Waals surface area contributed by atoms with Crippen LogP contribution in [0.4, 0.5) is 5.82 Å². The molecule has 0 aromatic carbocycles. The van der Waals surface area contributed by atoms with E-state index in [-0.39, 0.29) is 5.54 Å². The fraction of sp³-hybridized carbons (Fsp3) is 0.583. The Bertz CT molecular complexity index is 375. The summed E-state index contributed by atoms with van der Waals surface area (Å²) in [6.07, 6.45) is 1.05. The Morgan fingerprint density at radius 1 is 1.44 bits per heavy atom. The summed E-state index contributed by atoms with van der Waals surface area (Å²) in [6, 6.07) is 1.89. The number of hydrogen-bond donors (Lipinski definition) is 2. The van der Waals surface area contributed by atoms with Crippen molar-refractivity contribution in [2.45, 2.75) is 32.4 Å². The lowest BCUT2D eigenvalue weighted by atomic mass is 9.90. The van der Waals surface area contributed by atoms with Crippen LogP contribution in [0, 0.1) is 6.92 Å². The van der Waals surface area contributed by atoms with Crippen LogP contribution >= 0.6 is 0 Å². The van der Waals surface area contributed by atoms with Crippen LogP contribution in [-0.2, 0) is 0 Å². The topological polar surface area (TPSA) is 62.4 Å². The minimum atomic E-state index is -0.658. The molecule has 1 aromatic heterocycles. The molecule has 0 aliphatic carbocycles. The van der Waals surface area contributed by atoms with E-state index in [0.29, 0.717) is 11.4 Å². The predicted molar refractivity (Wildman–Crippen MR) is 66.1 cm³/mol. The van der Waals surface area contributed by atoms with Gasteiger partial charge in [-0.15, -0.1) is 0 Å². The molecule has 1 rings (SSSR count). The van der Waals surface area contributed by atoms with Crippen LogP contribution in [0.15, 0.2) is 12.3 Å². The summed E-state index contributed by atoms with van der Waals surface area (Å²) in [5.74, 6) is 0.396. The molecule has 16 heavy (non-hydrogen) atoms. The number of aliphatic hydroxyl groups is 1. The van der Waals surface area contributed by atoms with Crippen LogP contribution in [0.5, 0.6) is 0 Å². The van der Waals surface area contributed by atoms with E-state index in [4.69, 9.17) is 5.73 Å². The third-order valence-corrected chi connectivity index (χ3v) is 3.20. The van der Waals surface area contributed by atoms with Crippen molar-refractivity contribution < 1.29 is 5.11 Å². The van der Waals surface area contributed by atoms with Crippen molar-refractivity contribution in [2.24, 2.45) is 0 Å². The van der Waals surface area contributed by atoms with E-state index in [9.17, 15) is 5.11 Å². The molecule has 3 N–H and O–H groups in total. The summed E-state index contributed by atoms with van der Waals surface area (Å²) >= 11 is 0. The van der Waals surface area contributed by atoms with Gasteiger partial charge in [-0.1, -0.05) is 0 Å². The highest BCUT2D eigenvalue weighted by molar-refractivity contribution is 5.43. The number of hydrogen-bond acceptors (Lipinski definition) is 4. The SMILES string of the molecule is Cc1cnc(N)c(C(O)C(C)(C)N(C)C)c1. The van der Waals surface area contributed by atoms with Crippen molar-refractivity contribution in [3.8, 4) is 0 Å². The quantitative estimate of drug-likeness (QED) is 0.812. The minimum Gasteiger partial charge on any atom is -0.386 e. The highest BCUT2D eigenvalue weighted by Crippen LogP contribution is 2.31. The Hall–Kier alpha value is -1.13. The molecular weight excluding hydrogens is 202 g/mol. The molecule has 1 heterocycles. The summed E-state index contributed by atoms with van der Waals surface area (Å²) in [7, 11) is 3.87. The Labute approximate surface area is 97.1 Å². The zero-order valence-electron chi connectivity index (χ0n) is 10.7. The first-order valence-electron chi connectivity index (χ1n) is 5.34. The zero-order valence-corrected chi connectivity index (χ0v) is 10.7. The minimum absolute atomic E-state index is 0.385. The molecule has 4 nitrogen and oxygen atoms in total. The van der Waals surface area contributed by atoms with Gasteiger partial charge in [-0.3, -0.25) is 0 Å². The van der Waals surface area contributed by atoms with Crippen LogP contribution in [0.1, 0.15) is 31.1 Å². The van der Waals surface area contributed by atoms with Gasteiger partial charge in [0.1, 0.15) is 11.9 Å². The van der Waals surface area contributed by atoms with E-state index in [1.807, 2.05) is 45.8 Å². The molecule has 0 fully saturated rings. The van der Waals surface area contributed by atoms with Crippen molar-refractivity contribution in [2.75, 3.05) is 19.8 Å². The molecule has 90 valence electrons. The van der Waals surface area contributed by atoms with Crippen molar-refractivity contribution in [3.63, 3.8) is 0 Å². The lowest BCUT2D eigenvalue weighted by Gasteiger charge is -2.37. The van der Waals surface area contributed by atoms with Gasteiger partial charge >= 0.3 is 0 Å². The van der Waals surface area contributed by atoms with Gasteiger partial charge < -0.3 is 15.7 Å². The maximum absolute atomic E-state index is 10.4. The maximum Gasteiger partial charge on any atom is 0.129 e. The van der Waals surface area contributed by atoms with Crippen molar-refractivity contribution in [3.05, 3.63) is 23.4 Å². The standard InChI is InChI=1S/C12H21N3O/c1-8-6-9(11(13)14-7-8)10(16)12(2,3)15(4)5/h6-7,10,16H,1-5H3,(H2,13,14). The lowest BCUT2D eigenvalue weighted by Crippen LogP contribution is -2.44. The first-order chi connectivity index (χ1) is 7.26. The molecule has 0 spiro atoms.